The van der Waals surface area contributed by atoms with Crippen molar-refractivity contribution in [3.05, 3.63) is 87.7 Å². The van der Waals surface area contributed by atoms with Crippen LogP contribution >= 0.6 is 11.6 Å². The van der Waals surface area contributed by atoms with E-state index in [0.717, 1.165) is 5.56 Å². The van der Waals surface area contributed by atoms with E-state index < -0.39 is 17.6 Å². The number of benzene rings is 2. The van der Waals surface area contributed by atoms with Crippen molar-refractivity contribution < 1.29 is 18.4 Å². The summed E-state index contributed by atoms with van der Waals surface area (Å²) in [4.78, 5) is 24.4. The lowest BCUT2D eigenvalue weighted by molar-refractivity contribution is -0.121. The van der Waals surface area contributed by atoms with Crippen molar-refractivity contribution in [1.82, 2.24) is 20.6 Å². The Kier molecular flexibility index (Phi) is 6.23. The Hall–Kier alpha value is -3.26. The molecule has 2 aromatic carbocycles. The zero-order chi connectivity index (χ0) is 21.0. The number of hydrogen-bond acceptors (Lipinski definition) is 3. The Morgan fingerprint density at radius 2 is 1.52 bits per heavy atom. The molecule has 0 radical (unpaired) electrons. The van der Waals surface area contributed by atoms with Crippen LogP contribution in [-0.2, 0) is 17.8 Å². The second-order valence-electron chi connectivity index (χ2n) is 6.34. The highest BCUT2D eigenvalue weighted by Crippen LogP contribution is 2.21. The molecule has 1 aromatic heterocycles. The predicted molar refractivity (Wildman–Crippen MR) is 103 cm³/mol. The minimum Gasteiger partial charge on any atom is -0.273 e. The van der Waals surface area contributed by atoms with Crippen molar-refractivity contribution in [1.29, 1.82) is 0 Å². The molecule has 3 rings (SSSR count). The summed E-state index contributed by atoms with van der Waals surface area (Å²) in [5, 5.41) is 4.33. The van der Waals surface area contributed by atoms with Gasteiger partial charge >= 0.3 is 0 Å². The first-order valence-electron chi connectivity index (χ1n) is 8.64. The number of aryl methyl sites for hydroxylation is 1. The third-order valence-corrected chi connectivity index (χ3v) is 4.52. The van der Waals surface area contributed by atoms with E-state index in [9.17, 15) is 18.4 Å². The van der Waals surface area contributed by atoms with Crippen LogP contribution < -0.4 is 10.9 Å². The molecule has 0 aliphatic heterocycles. The van der Waals surface area contributed by atoms with Crippen molar-refractivity contribution in [2.75, 3.05) is 0 Å². The van der Waals surface area contributed by atoms with E-state index in [2.05, 4.69) is 16.0 Å². The zero-order valence-electron chi connectivity index (χ0n) is 15.4. The summed E-state index contributed by atoms with van der Waals surface area (Å²) in [7, 11) is 0. The van der Waals surface area contributed by atoms with Crippen LogP contribution in [0.4, 0.5) is 8.78 Å². The average Bonchev–Trinajstić information content (AvgIpc) is 2.97. The van der Waals surface area contributed by atoms with E-state index in [1.165, 1.54) is 41.1 Å². The first-order valence-corrected chi connectivity index (χ1v) is 9.02. The second kappa shape index (κ2) is 8.83. The Balaban J connectivity index is 1.63. The van der Waals surface area contributed by atoms with Gasteiger partial charge in [0.15, 0.2) is 0 Å². The standard InChI is InChI=1S/C20H17ClF2N4O2/c1-12-18(19(21)27(26-12)11-14-4-8-16(23)9-5-14)20(29)25-24-17(28)10-13-2-6-15(22)7-3-13/h2-9H,10-11H2,1H3,(H,24,28)(H,25,29). The van der Waals surface area contributed by atoms with Gasteiger partial charge in [-0.2, -0.15) is 5.10 Å². The third-order valence-electron chi connectivity index (χ3n) is 4.13. The zero-order valence-corrected chi connectivity index (χ0v) is 16.1. The van der Waals surface area contributed by atoms with E-state index in [1.54, 1.807) is 19.1 Å². The summed E-state index contributed by atoms with van der Waals surface area (Å²) >= 11 is 6.28. The fourth-order valence-electron chi connectivity index (χ4n) is 2.70. The number of nitrogens with zero attached hydrogens (tertiary/aromatic N) is 2. The Morgan fingerprint density at radius 1 is 0.966 bits per heavy atom. The molecule has 2 amide bonds. The molecule has 0 bridgehead atoms. The first kappa shape index (κ1) is 20.5. The van der Waals surface area contributed by atoms with Crippen LogP contribution in [0.5, 0.6) is 0 Å². The SMILES string of the molecule is Cc1nn(Cc2ccc(F)cc2)c(Cl)c1C(=O)NNC(=O)Cc1ccc(F)cc1. The third kappa shape index (κ3) is 5.17. The lowest BCUT2D eigenvalue weighted by atomic mass is 10.1. The van der Waals surface area contributed by atoms with E-state index in [4.69, 9.17) is 11.6 Å². The van der Waals surface area contributed by atoms with Crippen LogP contribution in [0.2, 0.25) is 5.15 Å². The van der Waals surface area contributed by atoms with Crippen LogP contribution in [0.25, 0.3) is 0 Å². The fraction of sp³-hybridized carbons (Fsp3) is 0.150. The van der Waals surface area contributed by atoms with Crippen LogP contribution in [-0.4, -0.2) is 21.6 Å². The van der Waals surface area contributed by atoms with Gasteiger partial charge in [-0.05, 0) is 42.3 Å². The van der Waals surface area contributed by atoms with Crippen molar-refractivity contribution in [2.45, 2.75) is 19.9 Å². The Labute approximate surface area is 170 Å². The minimum absolute atomic E-state index is 0.0307. The van der Waals surface area contributed by atoms with Gasteiger partial charge in [0.05, 0.1) is 18.7 Å². The largest absolute Gasteiger partial charge is 0.274 e. The fourth-order valence-corrected chi connectivity index (χ4v) is 3.02. The van der Waals surface area contributed by atoms with Gasteiger partial charge in [-0.15, -0.1) is 0 Å². The number of nitrogens with one attached hydrogen (secondary N) is 2. The van der Waals surface area contributed by atoms with E-state index in [0.29, 0.717) is 11.3 Å². The maximum atomic E-state index is 13.0. The molecule has 0 atom stereocenters. The number of hydrazine groups is 1. The van der Waals surface area contributed by atoms with Gasteiger partial charge in [0.1, 0.15) is 22.4 Å². The van der Waals surface area contributed by atoms with Gasteiger partial charge in [-0.25, -0.2) is 13.5 Å². The number of aromatic nitrogens is 2. The number of halogens is 3. The van der Waals surface area contributed by atoms with Crippen LogP contribution in [0.3, 0.4) is 0 Å². The lowest BCUT2D eigenvalue weighted by Gasteiger charge is -2.08. The number of amides is 2. The molecule has 3 aromatic rings. The van der Waals surface area contributed by atoms with Crippen LogP contribution in [0.15, 0.2) is 48.5 Å². The molecule has 0 unspecified atom stereocenters. The summed E-state index contributed by atoms with van der Waals surface area (Å²) in [5.74, 6) is -1.85. The monoisotopic (exact) mass is 418 g/mol. The topological polar surface area (TPSA) is 76.0 Å². The molecule has 1 heterocycles. The molecule has 150 valence electrons. The van der Waals surface area contributed by atoms with Gasteiger partial charge < -0.3 is 0 Å². The van der Waals surface area contributed by atoms with Gasteiger partial charge in [0.2, 0.25) is 5.91 Å². The summed E-state index contributed by atoms with van der Waals surface area (Å²) in [5.41, 5.74) is 6.45. The summed E-state index contributed by atoms with van der Waals surface area (Å²) < 4.78 is 27.4. The Bertz CT molecular complexity index is 1030. The first-order chi connectivity index (χ1) is 13.8. The molecular formula is C20H17ClF2N4O2. The van der Waals surface area contributed by atoms with Crippen molar-refractivity contribution in [3.63, 3.8) is 0 Å². The number of rotatable bonds is 5. The highest BCUT2D eigenvalue weighted by molar-refractivity contribution is 6.33. The molecule has 0 spiro atoms. The normalized spacial score (nSPS) is 10.6. The smallest absolute Gasteiger partial charge is 0.273 e. The molecule has 2 N–H and O–H groups in total. The minimum atomic E-state index is -0.620. The highest BCUT2D eigenvalue weighted by Gasteiger charge is 2.21. The molecule has 0 saturated heterocycles. The van der Waals surface area contributed by atoms with E-state index in [1.807, 2.05) is 0 Å². The van der Waals surface area contributed by atoms with Gasteiger partial charge in [-0.1, -0.05) is 35.9 Å². The van der Waals surface area contributed by atoms with Crippen LogP contribution in [0, 0.1) is 18.6 Å². The molecule has 0 saturated carbocycles. The molecule has 0 fully saturated rings. The van der Waals surface area contributed by atoms with Gasteiger partial charge in [-0.3, -0.25) is 20.4 Å². The molecule has 0 aliphatic rings. The highest BCUT2D eigenvalue weighted by atomic mass is 35.5. The number of carbonyl (C=O) groups is 2. The molecule has 9 heteroatoms. The number of carbonyl (C=O) groups excluding carboxylic acids is 2. The average molecular weight is 419 g/mol. The summed E-state index contributed by atoms with van der Waals surface area (Å²) in [6.07, 6.45) is -0.0307. The molecule has 29 heavy (non-hydrogen) atoms. The number of hydrogen-bond donors (Lipinski definition) is 2. The summed E-state index contributed by atoms with van der Waals surface area (Å²) in [6.45, 7) is 1.87. The summed E-state index contributed by atoms with van der Waals surface area (Å²) in [6, 6.07) is 11.3. The van der Waals surface area contributed by atoms with Crippen molar-refractivity contribution in [2.24, 2.45) is 0 Å². The Morgan fingerprint density at radius 3 is 2.10 bits per heavy atom. The van der Waals surface area contributed by atoms with Gasteiger partial charge in [0, 0.05) is 0 Å². The molecule has 6 nitrogen and oxygen atoms in total. The molecule has 0 aliphatic carbocycles. The van der Waals surface area contributed by atoms with E-state index >= 15 is 0 Å². The maximum Gasteiger partial charge on any atom is 0.274 e. The lowest BCUT2D eigenvalue weighted by Crippen LogP contribution is -2.42. The van der Waals surface area contributed by atoms with Crippen molar-refractivity contribution >= 4 is 23.4 Å². The molecular weight excluding hydrogens is 402 g/mol. The second-order valence-corrected chi connectivity index (χ2v) is 6.70. The van der Waals surface area contributed by atoms with Gasteiger partial charge in [0.25, 0.3) is 5.91 Å². The van der Waals surface area contributed by atoms with Crippen molar-refractivity contribution in [3.8, 4) is 0 Å². The van der Waals surface area contributed by atoms with Crippen LogP contribution in [0.1, 0.15) is 27.2 Å². The quantitative estimate of drug-likeness (QED) is 0.625. The van der Waals surface area contributed by atoms with E-state index in [-0.39, 0.29) is 29.5 Å². The predicted octanol–water partition coefficient (Wildman–Crippen LogP) is 3.18. The maximum absolute atomic E-state index is 13.0.